The Balaban J connectivity index is 1.40. The predicted octanol–water partition coefficient (Wildman–Crippen LogP) is 2.57. The number of amides is 1. The van der Waals surface area contributed by atoms with Gasteiger partial charge >= 0.3 is 0 Å². The first-order valence-electron chi connectivity index (χ1n) is 10.5. The average molecular weight is 400 g/mol. The maximum absolute atomic E-state index is 12.3. The van der Waals surface area contributed by atoms with E-state index >= 15 is 0 Å². The molecule has 0 radical (unpaired) electrons. The van der Waals surface area contributed by atoms with Gasteiger partial charge in [-0.3, -0.25) is 9.48 Å². The highest BCUT2D eigenvalue weighted by molar-refractivity contribution is 5.75. The van der Waals surface area contributed by atoms with Crippen LogP contribution in [0.5, 0.6) is 0 Å². The van der Waals surface area contributed by atoms with Crippen molar-refractivity contribution in [3.63, 3.8) is 0 Å². The lowest BCUT2D eigenvalue weighted by atomic mass is 9.92. The van der Waals surface area contributed by atoms with Gasteiger partial charge in [0.2, 0.25) is 5.91 Å². The number of aryl methyl sites for hydroxylation is 2. The lowest BCUT2D eigenvalue weighted by Crippen LogP contribution is -2.34. The molecule has 8 heteroatoms. The number of carbonyl (C=O) groups is 1. The van der Waals surface area contributed by atoms with Crippen LogP contribution in [-0.4, -0.2) is 45.3 Å². The number of piperidine rings is 1. The molecule has 29 heavy (non-hydrogen) atoms. The van der Waals surface area contributed by atoms with Gasteiger partial charge in [0, 0.05) is 57.0 Å². The van der Waals surface area contributed by atoms with Crippen LogP contribution in [0.1, 0.15) is 49.6 Å². The Morgan fingerprint density at radius 3 is 2.66 bits per heavy atom. The number of hydrogen-bond donors (Lipinski definition) is 2. The SMILES string of the molecule is CCNc1cc(N2CCC(CCC(=O)NCc3c(C)nn(C)c3C)CC2)ncn1. The predicted molar refractivity (Wildman–Crippen MR) is 115 cm³/mol. The number of nitrogens with zero attached hydrogens (tertiary/aromatic N) is 5. The van der Waals surface area contributed by atoms with Crippen LogP contribution in [-0.2, 0) is 18.4 Å². The Hall–Kier alpha value is -2.64. The third kappa shape index (κ3) is 5.46. The molecule has 2 aromatic heterocycles. The van der Waals surface area contributed by atoms with E-state index in [0.717, 1.165) is 67.5 Å². The van der Waals surface area contributed by atoms with Gasteiger partial charge in [-0.05, 0) is 46.0 Å². The van der Waals surface area contributed by atoms with Gasteiger partial charge < -0.3 is 15.5 Å². The molecule has 0 aliphatic carbocycles. The molecule has 3 heterocycles. The third-order valence-electron chi connectivity index (χ3n) is 5.85. The summed E-state index contributed by atoms with van der Waals surface area (Å²) in [6.45, 7) is 9.44. The summed E-state index contributed by atoms with van der Waals surface area (Å²) in [4.78, 5) is 23.3. The number of rotatable bonds is 8. The topological polar surface area (TPSA) is 88.0 Å². The second kappa shape index (κ2) is 9.71. The number of anilines is 2. The van der Waals surface area contributed by atoms with Crippen molar-refractivity contribution < 1.29 is 4.79 Å². The Bertz CT molecular complexity index is 824. The van der Waals surface area contributed by atoms with Gasteiger partial charge in [0.25, 0.3) is 0 Å². The molecule has 1 saturated heterocycles. The van der Waals surface area contributed by atoms with Crippen molar-refractivity contribution in [2.45, 2.75) is 53.0 Å². The van der Waals surface area contributed by atoms with Crippen LogP contribution in [0.3, 0.4) is 0 Å². The summed E-state index contributed by atoms with van der Waals surface area (Å²) in [6.07, 6.45) is 5.33. The molecule has 0 bridgehead atoms. The molecule has 0 unspecified atom stereocenters. The molecule has 0 spiro atoms. The lowest BCUT2D eigenvalue weighted by Gasteiger charge is -2.32. The van der Waals surface area contributed by atoms with E-state index in [4.69, 9.17) is 0 Å². The van der Waals surface area contributed by atoms with Gasteiger partial charge in [0.05, 0.1) is 5.69 Å². The van der Waals surface area contributed by atoms with E-state index < -0.39 is 0 Å². The van der Waals surface area contributed by atoms with Crippen molar-refractivity contribution in [3.8, 4) is 0 Å². The van der Waals surface area contributed by atoms with Crippen molar-refractivity contribution in [3.05, 3.63) is 29.3 Å². The number of aromatic nitrogens is 4. The Kier molecular flexibility index (Phi) is 7.06. The monoisotopic (exact) mass is 399 g/mol. The minimum absolute atomic E-state index is 0.126. The van der Waals surface area contributed by atoms with Crippen LogP contribution < -0.4 is 15.5 Å². The molecular weight excluding hydrogens is 366 g/mol. The number of carbonyl (C=O) groups excluding carboxylic acids is 1. The quantitative estimate of drug-likeness (QED) is 0.709. The first-order valence-corrected chi connectivity index (χ1v) is 10.5. The summed E-state index contributed by atoms with van der Waals surface area (Å²) in [5.74, 6) is 2.57. The van der Waals surface area contributed by atoms with Crippen molar-refractivity contribution in [2.75, 3.05) is 29.9 Å². The lowest BCUT2D eigenvalue weighted by molar-refractivity contribution is -0.121. The van der Waals surface area contributed by atoms with E-state index in [0.29, 0.717) is 18.9 Å². The first kappa shape index (κ1) is 21.1. The number of nitrogens with one attached hydrogen (secondary N) is 2. The molecule has 0 atom stereocenters. The fourth-order valence-electron chi connectivity index (χ4n) is 3.93. The second-order valence-electron chi connectivity index (χ2n) is 7.81. The minimum atomic E-state index is 0.126. The van der Waals surface area contributed by atoms with E-state index in [9.17, 15) is 4.79 Å². The average Bonchev–Trinajstić information content (AvgIpc) is 2.97. The molecular formula is C21H33N7O. The summed E-state index contributed by atoms with van der Waals surface area (Å²) in [5, 5.41) is 10.7. The summed E-state index contributed by atoms with van der Waals surface area (Å²) < 4.78 is 1.86. The Morgan fingerprint density at radius 2 is 2.00 bits per heavy atom. The fourth-order valence-corrected chi connectivity index (χ4v) is 3.93. The van der Waals surface area contributed by atoms with Crippen molar-refractivity contribution in [1.29, 1.82) is 0 Å². The van der Waals surface area contributed by atoms with Crippen molar-refractivity contribution in [2.24, 2.45) is 13.0 Å². The molecule has 1 amide bonds. The molecule has 0 aromatic carbocycles. The molecule has 2 N–H and O–H groups in total. The van der Waals surface area contributed by atoms with Crippen LogP contribution in [0.4, 0.5) is 11.6 Å². The molecule has 2 aromatic rings. The second-order valence-corrected chi connectivity index (χ2v) is 7.81. The van der Waals surface area contributed by atoms with Gasteiger partial charge in [-0.2, -0.15) is 5.10 Å². The molecule has 1 fully saturated rings. The maximum Gasteiger partial charge on any atom is 0.220 e. The third-order valence-corrected chi connectivity index (χ3v) is 5.85. The Morgan fingerprint density at radius 1 is 1.24 bits per heavy atom. The van der Waals surface area contributed by atoms with Crippen LogP contribution in [0.15, 0.2) is 12.4 Å². The van der Waals surface area contributed by atoms with E-state index in [1.165, 1.54) is 0 Å². The van der Waals surface area contributed by atoms with Gasteiger partial charge in [-0.1, -0.05) is 0 Å². The largest absolute Gasteiger partial charge is 0.370 e. The molecule has 8 nitrogen and oxygen atoms in total. The standard InChI is InChI=1S/C21H33N7O/c1-5-22-19-12-20(25-14-24-19)28-10-8-17(9-11-28)6-7-21(29)23-13-18-15(2)26-27(4)16(18)3/h12,14,17H,5-11,13H2,1-4H3,(H,23,29)(H,22,24,25). The summed E-state index contributed by atoms with van der Waals surface area (Å²) in [6, 6.07) is 2.01. The zero-order chi connectivity index (χ0) is 20.8. The normalized spacial score (nSPS) is 14.8. The van der Waals surface area contributed by atoms with E-state index in [2.05, 4.69) is 37.5 Å². The minimum Gasteiger partial charge on any atom is -0.370 e. The van der Waals surface area contributed by atoms with Gasteiger partial charge in [0.15, 0.2) is 0 Å². The van der Waals surface area contributed by atoms with Gasteiger partial charge in [-0.15, -0.1) is 0 Å². The maximum atomic E-state index is 12.3. The van der Waals surface area contributed by atoms with Crippen LogP contribution >= 0.6 is 0 Å². The zero-order valence-electron chi connectivity index (χ0n) is 18.0. The number of hydrogen-bond acceptors (Lipinski definition) is 6. The molecule has 3 rings (SSSR count). The Labute approximate surface area is 173 Å². The molecule has 1 aliphatic heterocycles. The fraction of sp³-hybridized carbons (Fsp3) is 0.619. The first-order chi connectivity index (χ1) is 14.0. The summed E-state index contributed by atoms with van der Waals surface area (Å²) >= 11 is 0. The molecule has 1 aliphatic rings. The molecule has 0 saturated carbocycles. The summed E-state index contributed by atoms with van der Waals surface area (Å²) in [7, 11) is 1.93. The van der Waals surface area contributed by atoms with Crippen molar-refractivity contribution in [1.82, 2.24) is 25.1 Å². The summed E-state index contributed by atoms with van der Waals surface area (Å²) in [5.41, 5.74) is 3.22. The highest BCUT2D eigenvalue weighted by Crippen LogP contribution is 2.25. The van der Waals surface area contributed by atoms with Crippen molar-refractivity contribution >= 4 is 17.5 Å². The highest BCUT2D eigenvalue weighted by atomic mass is 16.1. The van der Waals surface area contributed by atoms with E-state index in [1.807, 2.05) is 31.6 Å². The van der Waals surface area contributed by atoms with Gasteiger partial charge in [-0.25, -0.2) is 9.97 Å². The van der Waals surface area contributed by atoms with E-state index in [1.54, 1.807) is 6.33 Å². The van der Waals surface area contributed by atoms with Crippen LogP contribution in [0.2, 0.25) is 0 Å². The van der Waals surface area contributed by atoms with Crippen LogP contribution in [0.25, 0.3) is 0 Å². The smallest absolute Gasteiger partial charge is 0.220 e. The molecule has 158 valence electrons. The van der Waals surface area contributed by atoms with Crippen LogP contribution in [0, 0.1) is 19.8 Å². The van der Waals surface area contributed by atoms with Gasteiger partial charge in [0.1, 0.15) is 18.0 Å². The highest BCUT2D eigenvalue weighted by Gasteiger charge is 2.21. The van der Waals surface area contributed by atoms with E-state index in [-0.39, 0.29) is 5.91 Å². The zero-order valence-corrected chi connectivity index (χ0v) is 18.0.